The number of carbonyl (C=O) groups excluding carboxylic acids is 1. The monoisotopic (exact) mass is 250 g/mol. The highest BCUT2D eigenvalue weighted by molar-refractivity contribution is 5.94. The average molecular weight is 250 g/mol. The second kappa shape index (κ2) is 4.66. The van der Waals surface area contributed by atoms with E-state index in [1.807, 2.05) is 0 Å². The van der Waals surface area contributed by atoms with Crippen LogP contribution in [0.15, 0.2) is 24.3 Å². The van der Waals surface area contributed by atoms with Crippen LogP contribution < -0.4 is 4.90 Å². The molecule has 1 aromatic carbocycles. The number of amides is 2. The number of aliphatic hydroxyl groups is 1. The third-order valence-electron chi connectivity index (χ3n) is 2.95. The molecule has 1 aliphatic heterocycles. The van der Waals surface area contributed by atoms with Crippen LogP contribution in [0.2, 0.25) is 0 Å². The first-order valence-corrected chi connectivity index (χ1v) is 5.54. The van der Waals surface area contributed by atoms with Gasteiger partial charge in [-0.3, -0.25) is 4.90 Å². The van der Waals surface area contributed by atoms with E-state index in [2.05, 4.69) is 0 Å². The summed E-state index contributed by atoms with van der Waals surface area (Å²) in [6.45, 7) is 1.19. The summed E-state index contributed by atoms with van der Waals surface area (Å²) in [5.41, 5.74) is 0.865. The highest BCUT2D eigenvalue weighted by atomic mass is 16.4. The Hall–Kier alpha value is -2.08. The summed E-state index contributed by atoms with van der Waals surface area (Å²) in [5, 5.41) is 18.2. The van der Waals surface area contributed by atoms with Gasteiger partial charge in [-0.1, -0.05) is 12.1 Å². The number of carboxylic acids is 1. The van der Waals surface area contributed by atoms with E-state index < -0.39 is 12.1 Å². The predicted molar refractivity (Wildman–Crippen MR) is 64.4 cm³/mol. The van der Waals surface area contributed by atoms with Gasteiger partial charge < -0.3 is 15.1 Å². The minimum absolute atomic E-state index is 0.128. The molecule has 1 atom stereocenters. The Balaban J connectivity index is 2.28. The normalized spacial score (nSPS) is 17.1. The van der Waals surface area contributed by atoms with Gasteiger partial charge in [0.1, 0.15) is 0 Å². The zero-order chi connectivity index (χ0) is 13.3. The molecule has 6 nitrogen and oxygen atoms in total. The summed E-state index contributed by atoms with van der Waals surface area (Å²) in [6, 6.07) is 6.26. The van der Waals surface area contributed by atoms with Crippen LogP contribution in [0.4, 0.5) is 10.5 Å². The molecular weight excluding hydrogens is 236 g/mol. The maximum absolute atomic E-state index is 11.8. The van der Waals surface area contributed by atoms with Gasteiger partial charge in [0.15, 0.2) is 6.10 Å². The van der Waals surface area contributed by atoms with Crippen molar-refractivity contribution < 1.29 is 19.8 Å². The van der Waals surface area contributed by atoms with E-state index in [-0.39, 0.29) is 11.6 Å². The Bertz CT molecular complexity index is 489. The first-order valence-electron chi connectivity index (χ1n) is 5.54. The Kier molecular flexibility index (Phi) is 3.20. The summed E-state index contributed by atoms with van der Waals surface area (Å²) < 4.78 is 0. The largest absolute Gasteiger partial charge is 0.479 e. The molecule has 1 aliphatic rings. The van der Waals surface area contributed by atoms with E-state index >= 15 is 0 Å². The minimum Gasteiger partial charge on any atom is -0.479 e. The lowest BCUT2D eigenvalue weighted by molar-refractivity contribution is -0.146. The number of anilines is 1. The van der Waals surface area contributed by atoms with E-state index in [1.54, 1.807) is 29.0 Å². The standard InChI is InChI=1S/C12H14N2O4/c1-13-5-6-14(12(13)18)9-4-2-3-8(7-9)10(15)11(16)17/h2-4,7,10,15H,5-6H2,1H3,(H,16,17). The number of hydrogen-bond donors (Lipinski definition) is 2. The highest BCUT2D eigenvalue weighted by Crippen LogP contribution is 2.23. The van der Waals surface area contributed by atoms with Gasteiger partial charge >= 0.3 is 12.0 Å². The molecule has 1 heterocycles. The number of benzene rings is 1. The van der Waals surface area contributed by atoms with Crippen LogP contribution in [0.3, 0.4) is 0 Å². The van der Waals surface area contributed by atoms with Crippen LogP contribution in [0.25, 0.3) is 0 Å². The number of urea groups is 1. The van der Waals surface area contributed by atoms with Crippen LogP contribution in [-0.4, -0.2) is 47.3 Å². The Morgan fingerprint density at radius 1 is 1.39 bits per heavy atom. The van der Waals surface area contributed by atoms with Gasteiger partial charge in [0.2, 0.25) is 0 Å². The number of nitrogens with zero attached hydrogens (tertiary/aromatic N) is 2. The lowest BCUT2D eigenvalue weighted by atomic mass is 10.1. The van der Waals surface area contributed by atoms with Crippen molar-refractivity contribution in [3.8, 4) is 0 Å². The molecule has 1 fully saturated rings. The first kappa shape index (κ1) is 12.4. The number of carbonyl (C=O) groups is 2. The molecule has 0 saturated carbocycles. The Morgan fingerprint density at radius 3 is 2.67 bits per heavy atom. The van der Waals surface area contributed by atoms with Crippen molar-refractivity contribution in [1.82, 2.24) is 4.90 Å². The molecule has 2 amide bonds. The van der Waals surface area contributed by atoms with Crippen LogP contribution in [0.5, 0.6) is 0 Å². The van der Waals surface area contributed by atoms with E-state index in [0.717, 1.165) is 0 Å². The zero-order valence-electron chi connectivity index (χ0n) is 9.91. The lowest BCUT2D eigenvalue weighted by Crippen LogP contribution is -2.29. The van der Waals surface area contributed by atoms with Crippen LogP contribution in [-0.2, 0) is 4.79 Å². The van der Waals surface area contributed by atoms with Gasteiger partial charge in [0.05, 0.1) is 0 Å². The molecule has 0 radical (unpaired) electrons. The van der Waals surface area contributed by atoms with Crippen molar-refractivity contribution in [2.75, 3.05) is 25.0 Å². The number of aliphatic hydroxyl groups excluding tert-OH is 1. The van der Waals surface area contributed by atoms with E-state index in [0.29, 0.717) is 18.8 Å². The number of aliphatic carboxylic acids is 1. The second-order valence-corrected chi connectivity index (χ2v) is 4.19. The summed E-state index contributed by atoms with van der Waals surface area (Å²) in [6.07, 6.45) is -1.57. The average Bonchev–Trinajstić information content (AvgIpc) is 2.69. The van der Waals surface area contributed by atoms with Gasteiger partial charge in [-0.05, 0) is 17.7 Å². The van der Waals surface area contributed by atoms with Gasteiger partial charge in [-0.2, -0.15) is 0 Å². The fraction of sp³-hybridized carbons (Fsp3) is 0.333. The number of rotatable bonds is 3. The first-order chi connectivity index (χ1) is 8.50. The van der Waals surface area contributed by atoms with E-state index in [9.17, 15) is 14.7 Å². The van der Waals surface area contributed by atoms with Crippen molar-refractivity contribution in [1.29, 1.82) is 0 Å². The van der Waals surface area contributed by atoms with Gasteiger partial charge in [0, 0.05) is 25.8 Å². The molecule has 0 aromatic heterocycles. The molecule has 0 aliphatic carbocycles. The number of hydrogen-bond acceptors (Lipinski definition) is 3. The van der Waals surface area contributed by atoms with Gasteiger partial charge in [-0.25, -0.2) is 9.59 Å². The van der Waals surface area contributed by atoms with Crippen molar-refractivity contribution >= 4 is 17.7 Å². The molecule has 1 aromatic rings. The molecule has 0 spiro atoms. The van der Waals surface area contributed by atoms with Crippen LogP contribution in [0, 0.1) is 0 Å². The molecular formula is C12H14N2O4. The molecule has 6 heteroatoms. The fourth-order valence-electron chi connectivity index (χ4n) is 1.89. The molecule has 96 valence electrons. The van der Waals surface area contributed by atoms with Crippen LogP contribution in [0.1, 0.15) is 11.7 Å². The lowest BCUT2D eigenvalue weighted by Gasteiger charge is -2.17. The fourth-order valence-corrected chi connectivity index (χ4v) is 1.89. The maximum atomic E-state index is 11.8. The Labute approximate surface area is 104 Å². The van der Waals surface area contributed by atoms with E-state index in [1.165, 1.54) is 12.1 Å². The minimum atomic E-state index is -1.57. The predicted octanol–water partition coefficient (Wildman–Crippen LogP) is 0.676. The topological polar surface area (TPSA) is 81.1 Å². The maximum Gasteiger partial charge on any atom is 0.337 e. The molecule has 1 unspecified atom stereocenters. The second-order valence-electron chi connectivity index (χ2n) is 4.19. The highest BCUT2D eigenvalue weighted by Gasteiger charge is 2.27. The number of carboxylic acid groups (broad SMARTS) is 1. The quantitative estimate of drug-likeness (QED) is 0.826. The third-order valence-corrected chi connectivity index (χ3v) is 2.95. The Morgan fingerprint density at radius 2 is 2.11 bits per heavy atom. The third kappa shape index (κ3) is 2.14. The molecule has 1 saturated heterocycles. The number of likely N-dealkylation sites (N-methyl/N-ethyl adjacent to an activating group) is 1. The van der Waals surface area contributed by atoms with Crippen molar-refractivity contribution in [2.24, 2.45) is 0 Å². The molecule has 2 N–H and O–H groups in total. The summed E-state index contributed by atoms with van der Waals surface area (Å²) in [5.74, 6) is -1.31. The van der Waals surface area contributed by atoms with Gasteiger partial charge in [0.25, 0.3) is 0 Å². The SMILES string of the molecule is CN1CCN(c2cccc(C(O)C(=O)O)c2)C1=O. The zero-order valence-corrected chi connectivity index (χ0v) is 9.91. The van der Waals surface area contributed by atoms with Crippen molar-refractivity contribution in [2.45, 2.75) is 6.10 Å². The van der Waals surface area contributed by atoms with Gasteiger partial charge in [-0.15, -0.1) is 0 Å². The molecule has 0 bridgehead atoms. The summed E-state index contributed by atoms with van der Waals surface area (Å²) >= 11 is 0. The van der Waals surface area contributed by atoms with Crippen molar-refractivity contribution in [3.63, 3.8) is 0 Å². The van der Waals surface area contributed by atoms with Crippen molar-refractivity contribution in [3.05, 3.63) is 29.8 Å². The summed E-state index contributed by atoms with van der Waals surface area (Å²) in [4.78, 5) is 25.6. The van der Waals surface area contributed by atoms with E-state index in [4.69, 9.17) is 5.11 Å². The molecule has 18 heavy (non-hydrogen) atoms. The smallest absolute Gasteiger partial charge is 0.337 e. The summed E-state index contributed by atoms with van der Waals surface area (Å²) in [7, 11) is 1.71. The molecule has 2 rings (SSSR count). The van der Waals surface area contributed by atoms with Crippen LogP contribution >= 0.6 is 0 Å².